The third-order valence-electron chi connectivity index (χ3n) is 3.69. The molecule has 2 aromatic rings. The van der Waals surface area contributed by atoms with Crippen molar-refractivity contribution in [3.05, 3.63) is 45.0 Å². The predicted molar refractivity (Wildman–Crippen MR) is 70.7 cm³/mol. The monoisotopic (exact) mass is 265 g/mol. The summed E-state index contributed by atoms with van der Waals surface area (Å²) in [6.45, 7) is 0. The molecular formula is C14H13ClFNO. The van der Waals surface area contributed by atoms with Gasteiger partial charge in [0.1, 0.15) is 5.82 Å². The number of hydrogen-bond donors (Lipinski definition) is 1. The molecule has 1 aromatic carbocycles. The predicted octanol–water partition coefficient (Wildman–Crippen LogP) is 3.98. The van der Waals surface area contributed by atoms with E-state index in [9.17, 15) is 9.18 Å². The molecule has 0 unspecified atom stereocenters. The molecule has 3 rings (SSSR count). The first kappa shape index (κ1) is 11.7. The van der Waals surface area contributed by atoms with Crippen LogP contribution in [0.2, 0.25) is 5.02 Å². The van der Waals surface area contributed by atoms with Crippen LogP contribution in [0.25, 0.3) is 10.9 Å². The lowest BCUT2D eigenvalue weighted by Crippen LogP contribution is -2.08. The number of fused-ring (bicyclic) bond motifs is 1. The number of aromatic nitrogens is 1. The van der Waals surface area contributed by atoms with Crippen molar-refractivity contribution in [2.24, 2.45) is 0 Å². The molecule has 0 bridgehead atoms. The quantitative estimate of drug-likeness (QED) is 0.831. The van der Waals surface area contributed by atoms with Crippen LogP contribution >= 0.6 is 11.6 Å². The highest BCUT2D eigenvalue weighted by atomic mass is 35.5. The first-order valence-corrected chi connectivity index (χ1v) is 6.55. The van der Waals surface area contributed by atoms with Crippen molar-refractivity contribution >= 4 is 22.5 Å². The fraction of sp³-hybridized carbons (Fsp3) is 0.357. The zero-order valence-electron chi connectivity index (χ0n) is 9.80. The molecule has 1 aromatic heterocycles. The van der Waals surface area contributed by atoms with Crippen molar-refractivity contribution in [1.82, 2.24) is 4.98 Å². The Hall–Kier alpha value is -1.35. The van der Waals surface area contributed by atoms with E-state index in [1.54, 1.807) is 6.07 Å². The molecule has 2 nitrogen and oxygen atoms in total. The zero-order valence-corrected chi connectivity index (χ0v) is 10.6. The average Bonchev–Trinajstić information content (AvgIpc) is 2.85. The zero-order chi connectivity index (χ0) is 12.7. The van der Waals surface area contributed by atoms with Crippen molar-refractivity contribution < 1.29 is 4.39 Å². The second-order valence-electron chi connectivity index (χ2n) is 4.88. The van der Waals surface area contributed by atoms with Gasteiger partial charge in [-0.2, -0.15) is 0 Å². The number of rotatable bonds is 1. The van der Waals surface area contributed by atoms with Gasteiger partial charge in [-0.1, -0.05) is 24.4 Å². The van der Waals surface area contributed by atoms with Gasteiger partial charge in [-0.25, -0.2) is 4.39 Å². The Morgan fingerprint density at radius 3 is 2.67 bits per heavy atom. The third kappa shape index (κ3) is 1.93. The maximum absolute atomic E-state index is 13.4. The molecule has 1 aliphatic carbocycles. The van der Waals surface area contributed by atoms with Crippen LogP contribution in [-0.2, 0) is 0 Å². The molecule has 0 amide bonds. The fourth-order valence-corrected chi connectivity index (χ4v) is 2.89. The number of halogens is 2. The molecule has 1 saturated carbocycles. The summed E-state index contributed by atoms with van der Waals surface area (Å²) >= 11 is 5.70. The van der Waals surface area contributed by atoms with Crippen molar-refractivity contribution in [3.8, 4) is 0 Å². The van der Waals surface area contributed by atoms with Gasteiger partial charge < -0.3 is 4.98 Å². The van der Waals surface area contributed by atoms with Gasteiger partial charge >= 0.3 is 0 Å². The molecule has 1 N–H and O–H groups in total. The van der Waals surface area contributed by atoms with Gasteiger partial charge in [-0.05, 0) is 30.9 Å². The first-order valence-electron chi connectivity index (χ1n) is 6.17. The lowest BCUT2D eigenvalue weighted by Gasteiger charge is -2.10. The van der Waals surface area contributed by atoms with Crippen LogP contribution in [0, 0.1) is 5.82 Å². The highest BCUT2D eigenvalue weighted by molar-refractivity contribution is 6.31. The summed E-state index contributed by atoms with van der Waals surface area (Å²) in [7, 11) is 0. The van der Waals surface area contributed by atoms with E-state index in [0.717, 1.165) is 18.5 Å². The van der Waals surface area contributed by atoms with Gasteiger partial charge in [0.2, 0.25) is 0 Å². The number of aromatic amines is 1. The van der Waals surface area contributed by atoms with Gasteiger partial charge in [0.25, 0.3) is 0 Å². The molecule has 4 heteroatoms. The average molecular weight is 266 g/mol. The first-order chi connectivity index (χ1) is 8.65. The minimum atomic E-state index is -0.497. The minimum Gasteiger partial charge on any atom is -0.358 e. The Balaban J connectivity index is 2.20. The van der Waals surface area contributed by atoms with Crippen molar-refractivity contribution in [2.75, 3.05) is 0 Å². The summed E-state index contributed by atoms with van der Waals surface area (Å²) < 4.78 is 13.4. The molecule has 0 aliphatic heterocycles. The smallest absolute Gasteiger partial charge is 0.189 e. The van der Waals surface area contributed by atoms with E-state index in [-0.39, 0.29) is 10.5 Å². The molecular weight excluding hydrogens is 253 g/mol. The standard InChI is InChI=1S/C14H13ClFNO/c15-10-5-9-13(6-11(10)16)17-12(7-14(9)18)8-3-1-2-4-8/h5-8H,1-4H2,(H,17,18). The number of pyridine rings is 1. The van der Waals surface area contributed by atoms with Gasteiger partial charge in [0, 0.05) is 17.1 Å². The largest absolute Gasteiger partial charge is 0.358 e. The summed E-state index contributed by atoms with van der Waals surface area (Å²) in [4.78, 5) is 15.2. The SMILES string of the molecule is O=c1cc(C2CCCC2)[nH]c2cc(F)c(Cl)cc12. The Labute approximate surface area is 109 Å². The summed E-state index contributed by atoms with van der Waals surface area (Å²) in [5, 5.41) is 0.435. The van der Waals surface area contributed by atoms with E-state index in [4.69, 9.17) is 11.6 Å². The van der Waals surface area contributed by atoms with Crippen LogP contribution in [0.3, 0.4) is 0 Å². The minimum absolute atomic E-state index is 0.0124. The number of hydrogen-bond acceptors (Lipinski definition) is 1. The Bertz CT molecular complexity index is 659. The molecule has 94 valence electrons. The topological polar surface area (TPSA) is 32.9 Å². The summed E-state index contributed by atoms with van der Waals surface area (Å²) in [5.74, 6) is -0.0933. The Kier molecular flexibility index (Phi) is 2.86. The van der Waals surface area contributed by atoms with Gasteiger partial charge in [-0.15, -0.1) is 0 Å². The molecule has 0 spiro atoms. The van der Waals surface area contributed by atoms with Crippen molar-refractivity contribution in [3.63, 3.8) is 0 Å². The number of nitrogens with one attached hydrogen (secondary N) is 1. The van der Waals surface area contributed by atoms with Crippen LogP contribution in [0.15, 0.2) is 23.0 Å². The highest BCUT2D eigenvalue weighted by Crippen LogP contribution is 2.33. The van der Waals surface area contributed by atoms with E-state index in [2.05, 4.69) is 4.98 Å². The van der Waals surface area contributed by atoms with Crippen LogP contribution in [-0.4, -0.2) is 4.98 Å². The molecule has 0 saturated heterocycles. The number of H-pyrrole nitrogens is 1. The molecule has 1 fully saturated rings. The van der Waals surface area contributed by atoms with Crippen LogP contribution in [0.1, 0.15) is 37.3 Å². The van der Waals surface area contributed by atoms with Gasteiger partial charge in [0.05, 0.1) is 10.5 Å². The second-order valence-corrected chi connectivity index (χ2v) is 5.29. The lowest BCUT2D eigenvalue weighted by molar-refractivity contribution is 0.629. The molecule has 0 radical (unpaired) electrons. The molecule has 1 heterocycles. The van der Waals surface area contributed by atoms with Crippen LogP contribution in [0.4, 0.5) is 4.39 Å². The van der Waals surface area contributed by atoms with Crippen molar-refractivity contribution in [1.29, 1.82) is 0 Å². The molecule has 1 aliphatic rings. The van der Waals surface area contributed by atoms with E-state index < -0.39 is 5.82 Å². The second kappa shape index (κ2) is 4.39. The summed E-state index contributed by atoms with van der Waals surface area (Å²) in [6.07, 6.45) is 4.58. The van der Waals surface area contributed by atoms with Gasteiger partial charge in [-0.3, -0.25) is 4.79 Å². The van der Waals surface area contributed by atoms with E-state index in [0.29, 0.717) is 16.8 Å². The third-order valence-corrected chi connectivity index (χ3v) is 3.98. The van der Waals surface area contributed by atoms with Crippen LogP contribution in [0.5, 0.6) is 0 Å². The highest BCUT2D eigenvalue weighted by Gasteiger charge is 2.19. The maximum Gasteiger partial charge on any atom is 0.189 e. The lowest BCUT2D eigenvalue weighted by atomic mass is 10.0. The normalized spacial score (nSPS) is 16.6. The van der Waals surface area contributed by atoms with Crippen LogP contribution < -0.4 is 5.43 Å². The summed E-state index contributed by atoms with van der Waals surface area (Å²) in [6, 6.07) is 4.33. The molecule has 0 atom stereocenters. The van der Waals surface area contributed by atoms with E-state index in [1.807, 2.05) is 0 Å². The fourth-order valence-electron chi connectivity index (χ4n) is 2.72. The van der Waals surface area contributed by atoms with E-state index in [1.165, 1.54) is 25.0 Å². The van der Waals surface area contributed by atoms with Gasteiger partial charge in [0.15, 0.2) is 5.43 Å². The van der Waals surface area contributed by atoms with Crippen molar-refractivity contribution in [2.45, 2.75) is 31.6 Å². The Morgan fingerprint density at radius 2 is 1.94 bits per heavy atom. The van der Waals surface area contributed by atoms with E-state index >= 15 is 0 Å². The summed E-state index contributed by atoms with van der Waals surface area (Å²) in [5.41, 5.74) is 1.37. The number of benzene rings is 1. The maximum atomic E-state index is 13.4. The Morgan fingerprint density at radius 1 is 1.22 bits per heavy atom. The molecule has 18 heavy (non-hydrogen) atoms.